The van der Waals surface area contributed by atoms with Gasteiger partial charge in [-0.15, -0.1) is 5.10 Å². The van der Waals surface area contributed by atoms with Gasteiger partial charge in [-0.3, -0.25) is 4.90 Å². The molecule has 1 aliphatic heterocycles. The first-order chi connectivity index (χ1) is 10.3. The van der Waals surface area contributed by atoms with Gasteiger partial charge in [0.2, 0.25) is 0 Å². The Bertz CT molecular complexity index is 567. The summed E-state index contributed by atoms with van der Waals surface area (Å²) in [5.41, 5.74) is 8.13. The van der Waals surface area contributed by atoms with E-state index in [1.807, 2.05) is 6.07 Å². The number of benzene rings is 1. The maximum absolute atomic E-state index is 5.84. The Hall–Kier alpha value is -1.79. The highest BCUT2D eigenvalue weighted by molar-refractivity contribution is 5.35. The fourth-order valence-corrected chi connectivity index (χ4v) is 3.06. The molecule has 112 valence electrons. The van der Waals surface area contributed by atoms with Crippen LogP contribution in [0.1, 0.15) is 31.4 Å². The molecule has 1 aromatic carbocycles. The van der Waals surface area contributed by atoms with Gasteiger partial charge in [-0.1, -0.05) is 12.1 Å². The molecule has 3 rings (SSSR count). The summed E-state index contributed by atoms with van der Waals surface area (Å²) in [6.45, 7) is 5.28. The molecular formula is C15H22N6. The van der Waals surface area contributed by atoms with E-state index >= 15 is 0 Å². The molecule has 1 saturated heterocycles. The van der Waals surface area contributed by atoms with E-state index in [1.165, 1.54) is 18.4 Å². The lowest BCUT2D eigenvalue weighted by atomic mass is 9.95. The molecule has 6 nitrogen and oxygen atoms in total. The number of nitrogens with zero attached hydrogens (tertiary/aromatic N) is 5. The SMILES string of the molecule is CC(c1cccc(-n2cnnn2)c1)N1CCCC(CN)C1. The van der Waals surface area contributed by atoms with Crippen molar-refractivity contribution >= 4 is 0 Å². The second-order valence-corrected chi connectivity index (χ2v) is 5.76. The van der Waals surface area contributed by atoms with Crippen LogP contribution in [-0.4, -0.2) is 44.7 Å². The highest BCUT2D eigenvalue weighted by Gasteiger charge is 2.23. The zero-order valence-electron chi connectivity index (χ0n) is 12.4. The maximum atomic E-state index is 5.84. The van der Waals surface area contributed by atoms with Crippen LogP contribution in [0.2, 0.25) is 0 Å². The summed E-state index contributed by atoms with van der Waals surface area (Å²) in [6, 6.07) is 8.80. The Balaban J connectivity index is 1.78. The molecule has 2 atom stereocenters. The number of hydrogen-bond donors (Lipinski definition) is 1. The standard InChI is InChI=1S/C15H22N6/c1-12(20-7-3-4-13(9-16)10-20)14-5-2-6-15(8-14)21-11-17-18-19-21/h2,5-6,8,11-13H,3-4,7,9-10,16H2,1H3. The van der Waals surface area contributed by atoms with Crippen molar-refractivity contribution in [1.82, 2.24) is 25.1 Å². The first kappa shape index (κ1) is 14.2. The van der Waals surface area contributed by atoms with Gasteiger partial charge < -0.3 is 5.73 Å². The second kappa shape index (κ2) is 6.32. The van der Waals surface area contributed by atoms with Crippen molar-refractivity contribution in [2.75, 3.05) is 19.6 Å². The van der Waals surface area contributed by atoms with E-state index in [9.17, 15) is 0 Å². The molecule has 21 heavy (non-hydrogen) atoms. The highest BCUT2D eigenvalue weighted by Crippen LogP contribution is 2.27. The summed E-state index contributed by atoms with van der Waals surface area (Å²) in [5.74, 6) is 0.629. The Morgan fingerprint density at radius 3 is 3.10 bits per heavy atom. The smallest absolute Gasteiger partial charge is 0.143 e. The number of hydrogen-bond acceptors (Lipinski definition) is 5. The number of likely N-dealkylation sites (tertiary alicyclic amines) is 1. The molecule has 0 amide bonds. The summed E-state index contributed by atoms with van der Waals surface area (Å²) in [4.78, 5) is 2.53. The van der Waals surface area contributed by atoms with Crippen LogP contribution in [0.4, 0.5) is 0 Å². The lowest BCUT2D eigenvalue weighted by molar-refractivity contribution is 0.134. The molecular weight excluding hydrogens is 264 g/mol. The molecule has 1 fully saturated rings. The Labute approximate surface area is 124 Å². The van der Waals surface area contributed by atoms with E-state index in [0.29, 0.717) is 12.0 Å². The zero-order chi connectivity index (χ0) is 14.7. The van der Waals surface area contributed by atoms with E-state index in [4.69, 9.17) is 5.73 Å². The van der Waals surface area contributed by atoms with Crippen LogP contribution in [0.15, 0.2) is 30.6 Å². The molecule has 1 aliphatic rings. The van der Waals surface area contributed by atoms with Gasteiger partial charge in [-0.05, 0) is 66.9 Å². The largest absolute Gasteiger partial charge is 0.330 e. The summed E-state index contributed by atoms with van der Waals surface area (Å²) in [6.07, 6.45) is 4.11. The van der Waals surface area contributed by atoms with Crippen molar-refractivity contribution in [2.45, 2.75) is 25.8 Å². The van der Waals surface area contributed by atoms with Gasteiger partial charge in [0.15, 0.2) is 0 Å². The number of nitrogens with two attached hydrogens (primary N) is 1. The van der Waals surface area contributed by atoms with Gasteiger partial charge in [0, 0.05) is 12.6 Å². The zero-order valence-corrected chi connectivity index (χ0v) is 12.4. The fourth-order valence-electron chi connectivity index (χ4n) is 3.06. The third-order valence-corrected chi connectivity index (χ3v) is 4.40. The third kappa shape index (κ3) is 3.11. The summed E-state index contributed by atoms with van der Waals surface area (Å²) in [5, 5.41) is 11.3. The van der Waals surface area contributed by atoms with Crippen molar-refractivity contribution in [1.29, 1.82) is 0 Å². The van der Waals surface area contributed by atoms with Crippen LogP contribution in [0.5, 0.6) is 0 Å². The van der Waals surface area contributed by atoms with Gasteiger partial charge in [-0.25, -0.2) is 4.68 Å². The number of rotatable bonds is 4. The van der Waals surface area contributed by atoms with Gasteiger partial charge in [-0.2, -0.15) is 0 Å². The molecule has 1 aromatic heterocycles. The third-order valence-electron chi connectivity index (χ3n) is 4.40. The minimum atomic E-state index is 0.385. The first-order valence-corrected chi connectivity index (χ1v) is 7.55. The van der Waals surface area contributed by atoms with Crippen LogP contribution in [0.25, 0.3) is 5.69 Å². The van der Waals surface area contributed by atoms with Gasteiger partial charge in [0.05, 0.1) is 5.69 Å². The van der Waals surface area contributed by atoms with Crippen LogP contribution in [-0.2, 0) is 0 Å². The minimum Gasteiger partial charge on any atom is -0.330 e. The van der Waals surface area contributed by atoms with Crippen LogP contribution in [0.3, 0.4) is 0 Å². The predicted molar refractivity (Wildman–Crippen MR) is 80.9 cm³/mol. The molecule has 0 saturated carbocycles. The second-order valence-electron chi connectivity index (χ2n) is 5.76. The van der Waals surface area contributed by atoms with E-state index in [0.717, 1.165) is 25.3 Å². The molecule has 0 radical (unpaired) electrons. The van der Waals surface area contributed by atoms with Crippen LogP contribution >= 0.6 is 0 Å². The number of aromatic nitrogens is 4. The van der Waals surface area contributed by atoms with Crippen molar-refractivity contribution in [3.8, 4) is 5.69 Å². The molecule has 2 heterocycles. The van der Waals surface area contributed by atoms with E-state index < -0.39 is 0 Å². The Kier molecular flexibility index (Phi) is 4.26. The molecule has 2 unspecified atom stereocenters. The average Bonchev–Trinajstić information content (AvgIpc) is 3.09. The quantitative estimate of drug-likeness (QED) is 0.919. The predicted octanol–water partition coefficient (Wildman–Crippen LogP) is 1.39. The summed E-state index contributed by atoms with van der Waals surface area (Å²) >= 11 is 0. The number of piperidine rings is 1. The Morgan fingerprint density at radius 1 is 1.43 bits per heavy atom. The lowest BCUT2D eigenvalue weighted by Crippen LogP contribution is -2.39. The van der Waals surface area contributed by atoms with E-state index in [-0.39, 0.29) is 0 Å². The van der Waals surface area contributed by atoms with Crippen LogP contribution < -0.4 is 5.73 Å². The summed E-state index contributed by atoms with van der Waals surface area (Å²) < 4.78 is 1.69. The maximum Gasteiger partial charge on any atom is 0.143 e. The molecule has 0 bridgehead atoms. The molecule has 0 spiro atoms. The monoisotopic (exact) mass is 286 g/mol. The highest BCUT2D eigenvalue weighted by atomic mass is 15.5. The number of tetrazole rings is 1. The van der Waals surface area contributed by atoms with Crippen LogP contribution in [0, 0.1) is 5.92 Å². The molecule has 2 N–H and O–H groups in total. The van der Waals surface area contributed by atoms with E-state index in [2.05, 4.69) is 45.5 Å². The minimum absolute atomic E-state index is 0.385. The normalized spacial score (nSPS) is 21.3. The van der Waals surface area contributed by atoms with Crippen molar-refractivity contribution in [3.63, 3.8) is 0 Å². The van der Waals surface area contributed by atoms with Gasteiger partial charge in [0.25, 0.3) is 0 Å². The molecule has 2 aromatic rings. The van der Waals surface area contributed by atoms with E-state index in [1.54, 1.807) is 11.0 Å². The Morgan fingerprint density at radius 2 is 2.33 bits per heavy atom. The van der Waals surface area contributed by atoms with Gasteiger partial charge in [0.1, 0.15) is 6.33 Å². The first-order valence-electron chi connectivity index (χ1n) is 7.55. The fraction of sp³-hybridized carbons (Fsp3) is 0.533. The molecule has 0 aliphatic carbocycles. The van der Waals surface area contributed by atoms with Crippen molar-refractivity contribution < 1.29 is 0 Å². The lowest BCUT2D eigenvalue weighted by Gasteiger charge is -2.36. The average molecular weight is 286 g/mol. The van der Waals surface area contributed by atoms with Gasteiger partial charge >= 0.3 is 0 Å². The topological polar surface area (TPSA) is 72.9 Å². The molecule has 6 heteroatoms. The van der Waals surface area contributed by atoms with Crippen molar-refractivity contribution in [3.05, 3.63) is 36.2 Å². The van der Waals surface area contributed by atoms with Crippen molar-refractivity contribution in [2.24, 2.45) is 11.7 Å². The summed E-state index contributed by atoms with van der Waals surface area (Å²) in [7, 11) is 0.